The summed E-state index contributed by atoms with van der Waals surface area (Å²) < 4.78 is 0. The fourth-order valence-corrected chi connectivity index (χ4v) is 2.48. The van der Waals surface area contributed by atoms with Gasteiger partial charge in [0.05, 0.1) is 11.3 Å². The second kappa shape index (κ2) is 3.73. The monoisotopic (exact) mass is 216 g/mol. The molecule has 0 aliphatic carbocycles. The van der Waals surface area contributed by atoms with Crippen molar-refractivity contribution in [3.05, 3.63) is 0 Å². The number of nitrogens with two attached hydrogens (primary N) is 1. The Kier molecular flexibility index (Phi) is 2.74. The molecule has 0 bridgehead atoms. The van der Waals surface area contributed by atoms with Crippen LogP contribution in [0.15, 0.2) is 0 Å². The third-order valence-electron chi connectivity index (χ3n) is 2.70. The summed E-state index contributed by atoms with van der Waals surface area (Å²) in [7, 11) is -1.43. The first-order valence-corrected chi connectivity index (χ1v) is 5.63. The van der Waals surface area contributed by atoms with Crippen LogP contribution in [0.25, 0.3) is 0 Å². The maximum Gasteiger partial charge on any atom is 0.475 e. The smallest absolute Gasteiger partial charge is 0.426 e. The number of hydrogen-bond donors (Lipinski definition) is 3. The van der Waals surface area contributed by atoms with Gasteiger partial charge in [0.1, 0.15) is 5.25 Å². The maximum absolute atomic E-state index is 11.7. The summed E-state index contributed by atoms with van der Waals surface area (Å²) in [6, 6.07) is 0. The lowest BCUT2D eigenvalue weighted by Gasteiger charge is -2.23. The highest BCUT2D eigenvalue weighted by molar-refractivity contribution is 8.08. The van der Waals surface area contributed by atoms with Gasteiger partial charge in [-0.1, -0.05) is 0 Å². The average Bonchev–Trinajstić information content (AvgIpc) is 2.69. The fraction of sp³-hybridized carbons (Fsp3) is 0.857. The molecule has 4 N–H and O–H groups in total. The molecule has 0 aromatic heterocycles. The van der Waals surface area contributed by atoms with Crippen molar-refractivity contribution in [3.8, 4) is 0 Å². The Labute approximate surface area is 86.8 Å². The Bertz CT molecular complexity index is 253. The lowest BCUT2D eigenvalue weighted by Crippen LogP contribution is -2.47. The van der Waals surface area contributed by atoms with Crippen molar-refractivity contribution >= 4 is 24.8 Å². The predicted octanol–water partition coefficient (Wildman–Crippen LogP) is -1.61. The van der Waals surface area contributed by atoms with Crippen LogP contribution in [-0.2, 0) is 4.79 Å². The van der Waals surface area contributed by atoms with E-state index in [9.17, 15) is 4.79 Å². The first-order chi connectivity index (χ1) is 6.61. The Hall–Kier alpha value is -0.235. The van der Waals surface area contributed by atoms with E-state index < -0.39 is 13.1 Å². The van der Waals surface area contributed by atoms with E-state index in [-0.39, 0.29) is 16.5 Å². The SMILES string of the molecule is NC1SC1C(=O)N1CCC[C@H]1B(O)O. The summed E-state index contributed by atoms with van der Waals surface area (Å²) in [5.41, 5.74) is 5.55. The van der Waals surface area contributed by atoms with Crippen molar-refractivity contribution in [1.29, 1.82) is 0 Å². The highest BCUT2D eigenvalue weighted by atomic mass is 32.2. The molecular weight excluding hydrogens is 203 g/mol. The molecule has 2 rings (SSSR count). The van der Waals surface area contributed by atoms with Crippen LogP contribution in [-0.4, -0.2) is 51.1 Å². The van der Waals surface area contributed by atoms with Gasteiger partial charge in [-0.05, 0) is 12.8 Å². The van der Waals surface area contributed by atoms with E-state index in [2.05, 4.69) is 0 Å². The van der Waals surface area contributed by atoms with E-state index in [4.69, 9.17) is 15.8 Å². The van der Waals surface area contributed by atoms with Crippen LogP contribution < -0.4 is 5.73 Å². The van der Waals surface area contributed by atoms with Crippen molar-refractivity contribution in [2.24, 2.45) is 5.73 Å². The van der Waals surface area contributed by atoms with Crippen molar-refractivity contribution in [1.82, 2.24) is 4.90 Å². The molecule has 0 saturated carbocycles. The van der Waals surface area contributed by atoms with Crippen LogP contribution in [0.3, 0.4) is 0 Å². The fourth-order valence-electron chi connectivity index (χ4n) is 1.86. The van der Waals surface area contributed by atoms with Gasteiger partial charge >= 0.3 is 7.12 Å². The normalized spacial score (nSPS) is 35.9. The molecule has 0 aromatic carbocycles. The summed E-state index contributed by atoms with van der Waals surface area (Å²) in [5, 5.41) is 17.9. The molecule has 14 heavy (non-hydrogen) atoms. The highest BCUT2D eigenvalue weighted by Gasteiger charge is 2.47. The molecule has 2 unspecified atom stereocenters. The van der Waals surface area contributed by atoms with Crippen LogP contribution in [0.2, 0.25) is 0 Å². The van der Waals surface area contributed by atoms with Crippen molar-refractivity contribution < 1.29 is 14.8 Å². The molecule has 78 valence electrons. The van der Waals surface area contributed by atoms with Gasteiger partial charge in [-0.2, -0.15) is 0 Å². The predicted molar refractivity (Wildman–Crippen MR) is 54.3 cm³/mol. The number of hydrogen-bond acceptors (Lipinski definition) is 5. The van der Waals surface area contributed by atoms with Gasteiger partial charge in [0.25, 0.3) is 0 Å². The molecule has 2 fully saturated rings. The van der Waals surface area contributed by atoms with Crippen molar-refractivity contribution in [3.63, 3.8) is 0 Å². The molecule has 0 radical (unpaired) electrons. The molecule has 2 saturated heterocycles. The quantitative estimate of drug-likeness (QED) is 0.382. The lowest BCUT2D eigenvalue weighted by molar-refractivity contribution is -0.129. The summed E-state index contributed by atoms with van der Waals surface area (Å²) in [5.74, 6) is -0.478. The van der Waals surface area contributed by atoms with Gasteiger partial charge in [0.2, 0.25) is 5.91 Å². The Morgan fingerprint density at radius 1 is 1.57 bits per heavy atom. The minimum atomic E-state index is -1.43. The zero-order chi connectivity index (χ0) is 10.3. The van der Waals surface area contributed by atoms with Crippen molar-refractivity contribution in [2.75, 3.05) is 6.54 Å². The number of amides is 1. The number of rotatable bonds is 2. The van der Waals surface area contributed by atoms with Crippen molar-refractivity contribution in [2.45, 2.75) is 29.4 Å². The lowest BCUT2D eigenvalue weighted by atomic mass is 9.78. The Morgan fingerprint density at radius 3 is 2.71 bits per heavy atom. The molecule has 2 heterocycles. The van der Waals surface area contributed by atoms with E-state index in [0.29, 0.717) is 13.0 Å². The van der Waals surface area contributed by atoms with Crippen LogP contribution in [0.1, 0.15) is 12.8 Å². The van der Waals surface area contributed by atoms with Gasteiger partial charge < -0.3 is 20.7 Å². The standard InChI is InChI=1S/C7H13BN2O3S/c9-6-5(14-6)7(11)10-3-1-2-4(10)8(12)13/h4-6,12-13H,1-3,9H2/t4-,5?,6?/m0/s1. The zero-order valence-corrected chi connectivity index (χ0v) is 8.48. The maximum atomic E-state index is 11.7. The van der Waals surface area contributed by atoms with E-state index in [0.717, 1.165) is 6.42 Å². The zero-order valence-electron chi connectivity index (χ0n) is 7.67. The van der Waals surface area contributed by atoms with Gasteiger partial charge in [-0.15, -0.1) is 11.8 Å². The first kappa shape index (κ1) is 10.3. The number of likely N-dealkylation sites (tertiary alicyclic amines) is 1. The molecule has 3 atom stereocenters. The number of thioether (sulfide) groups is 1. The first-order valence-electron chi connectivity index (χ1n) is 4.69. The minimum Gasteiger partial charge on any atom is -0.426 e. The van der Waals surface area contributed by atoms with E-state index in [1.165, 1.54) is 11.8 Å². The number of carbonyl (C=O) groups excluding carboxylic acids is 1. The summed E-state index contributed by atoms with van der Waals surface area (Å²) in [6.07, 6.45) is 1.50. The topological polar surface area (TPSA) is 86.8 Å². The number of nitrogens with zero attached hydrogens (tertiary/aromatic N) is 1. The third-order valence-corrected chi connectivity index (χ3v) is 3.76. The molecule has 1 amide bonds. The van der Waals surface area contributed by atoms with E-state index in [1.54, 1.807) is 4.90 Å². The Morgan fingerprint density at radius 2 is 2.21 bits per heavy atom. The molecule has 7 heteroatoms. The van der Waals surface area contributed by atoms with Gasteiger partial charge in [0.15, 0.2) is 0 Å². The molecule has 0 aromatic rings. The molecular formula is C7H13BN2O3S. The molecule has 2 aliphatic heterocycles. The van der Waals surface area contributed by atoms with Crippen LogP contribution in [0, 0.1) is 0 Å². The second-order valence-electron chi connectivity index (χ2n) is 3.68. The van der Waals surface area contributed by atoms with Gasteiger partial charge in [-0.25, -0.2) is 0 Å². The summed E-state index contributed by atoms with van der Waals surface area (Å²) >= 11 is 1.42. The minimum absolute atomic E-state index is 0.0434. The van der Waals surface area contributed by atoms with Crippen LogP contribution >= 0.6 is 11.8 Å². The summed E-state index contributed by atoms with van der Waals surface area (Å²) in [4.78, 5) is 13.3. The molecule has 0 spiro atoms. The van der Waals surface area contributed by atoms with Crippen LogP contribution in [0.5, 0.6) is 0 Å². The Balaban J connectivity index is 1.99. The highest BCUT2D eigenvalue weighted by Crippen LogP contribution is 2.39. The summed E-state index contributed by atoms with van der Waals surface area (Å²) in [6.45, 7) is 0.616. The van der Waals surface area contributed by atoms with Gasteiger partial charge in [-0.3, -0.25) is 4.79 Å². The van der Waals surface area contributed by atoms with E-state index in [1.807, 2.05) is 0 Å². The number of carbonyl (C=O) groups is 1. The molecule has 2 aliphatic rings. The average molecular weight is 216 g/mol. The largest absolute Gasteiger partial charge is 0.475 e. The second-order valence-corrected chi connectivity index (χ2v) is 5.00. The van der Waals surface area contributed by atoms with Crippen LogP contribution in [0.4, 0.5) is 0 Å². The van der Waals surface area contributed by atoms with E-state index >= 15 is 0 Å². The molecule has 5 nitrogen and oxygen atoms in total. The van der Waals surface area contributed by atoms with Gasteiger partial charge in [0, 0.05) is 6.54 Å². The third kappa shape index (κ3) is 1.77.